The molecule has 1 N–H and O–H groups in total. The number of methoxy groups -OCH3 is 2. The van der Waals surface area contributed by atoms with E-state index in [0.29, 0.717) is 39.0 Å². The van der Waals surface area contributed by atoms with E-state index in [1.807, 2.05) is 90.1 Å². The van der Waals surface area contributed by atoms with Gasteiger partial charge in [0, 0.05) is 64.1 Å². The van der Waals surface area contributed by atoms with E-state index in [1.54, 1.807) is 61.7 Å². The van der Waals surface area contributed by atoms with Gasteiger partial charge in [0.1, 0.15) is 29.0 Å². The Morgan fingerprint density at radius 3 is 1.55 bits per heavy atom. The largest absolute Gasteiger partial charge is 1.00 e. The van der Waals surface area contributed by atoms with Gasteiger partial charge in [-0.15, -0.1) is 0 Å². The molecule has 0 bridgehead atoms. The Kier molecular flexibility index (Phi) is 19.6. The number of aromatic nitrogens is 4. The standard InChI is InChI=1S/C22H30N4O4.C12H21ClN2O3.C10H10N2O.Na.H/c1-22(2,3)30-21(28)25-12-10-17(11-13-25)24(4)20(27)26-14-19(23-15-26)16-6-8-18(29-5)9-7-16;1-12(2,3)18-11(17)15-7-5-9(6-8-15)14(4)10(13)16;1-13-9-4-2-8(3-5-9)10-6-11-7-12-10;;/h6-9,14-15,17H,10-13H2,1-5H3;9H,5-8H2,1-4H3;2-7H,1H3,(H,11,12);;/q;;;+1;-1. The quantitative estimate of drug-likeness (QED) is 0.144. The molecule has 16 nitrogen and oxygen atoms in total. The van der Waals surface area contributed by atoms with Crippen molar-refractivity contribution in [3.8, 4) is 34.0 Å². The molecule has 18 heteroatoms. The van der Waals surface area contributed by atoms with Crippen LogP contribution in [-0.4, -0.2) is 140 Å². The van der Waals surface area contributed by atoms with Crippen molar-refractivity contribution in [2.24, 2.45) is 0 Å². The van der Waals surface area contributed by atoms with Crippen molar-refractivity contribution < 1.29 is 69.1 Å². The normalized spacial score (nSPS) is 14.4. The fraction of sp³-hybridized carbons (Fsp3) is 0.500. The number of piperidine rings is 2. The van der Waals surface area contributed by atoms with Gasteiger partial charge in [-0.1, -0.05) is 0 Å². The minimum absolute atomic E-state index is 0. The molecule has 334 valence electrons. The molecule has 0 saturated carbocycles. The second-order valence-corrected chi connectivity index (χ2v) is 17.1. The third kappa shape index (κ3) is 15.9. The number of rotatable bonds is 6. The summed E-state index contributed by atoms with van der Waals surface area (Å²) in [6, 6.07) is 15.4. The van der Waals surface area contributed by atoms with Crippen molar-refractivity contribution in [2.45, 2.75) is 90.5 Å². The van der Waals surface area contributed by atoms with E-state index < -0.39 is 16.6 Å². The molecule has 2 saturated heterocycles. The van der Waals surface area contributed by atoms with Crippen LogP contribution >= 0.6 is 11.6 Å². The summed E-state index contributed by atoms with van der Waals surface area (Å²) in [4.78, 5) is 66.0. The SMILES string of the molecule is CN(C(=O)Cl)C1CCN(C(=O)OC(C)(C)C)CC1.COc1ccc(-c2cn(C(=O)N(C)C3CCN(C(=O)OC(C)(C)C)CC3)cn2)cc1.COc1ccc(-c2cnc[nH]2)cc1.[H-].[Na+]. The maximum atomic E-state index is 12.9. The van der Waals surface area contributed by atoms with Gasteiger partial charge in [-0.2, -0.15) is 0 Å². The molecule has 2 aromatic heterocycles. The van der Waals surface area contributed by atoms with Crippen LogP contribution in [-0.2, 0) is 9.47 Å². The number of likely N-dealkylation sites (tertiary alicyclic amines) is 2. The number of H-pyrrole nitrogens is 1. The molecule has 0 aliphatic carbocycles. The third-order valence-corrected chi connectivity index (χ3v) is 10.3. The molecule has 2 fully saturated rings. The molecule has 4 amide bonds. The van der Waals surface area contributed by atoms with Crippen LogP contribution in [0, 0.1) is 0 Å². The fourth-order valence-corrected chi connectivity index (χ4v) is 6.67. The number of hydrogen-bond donors (Lipinski definition) is 1. The molecule has 6 rings (SSSR count). The van der Waals surface area contributed by atoms with E-state index in [1.165, 1.54) is 15.8 Å². The Bertz CT molecular complexity index is 2010. The van der Waals surface area contributed by atoms with E-state index in [-0.39, 0.29) is 61.3 Å². The maximum Gasteiger partial charge on any atom is 1.00 e. The zero-order valence-corrected chi connectivity index (χ0v) is 40.8. The molecule has 0 spiro atoms. The minimum atomic E-state index is -0.510. The van der Waals surface area contributed by atoms with Crippen molar-refractivity contribution in [1.82, 2.24) is 39.1 Å². The van der Waals surface area contributed by atoms with Gasteiger partial charge < -0.3 is 45.0 Å². The summed E-state index contributed by atoms with van der Waals surface area (Å²) in [7, 11) is 6.76. The zero-order chi connectivity index (χ0) is 44.9. The van der Waals surface area contributed by atoms with Gasteiger partial charge >= 0.3 is 53.1 Å². The number of nitrogens with one attached hydrogen (secondary N) is 1. The number of carbonyl (C=O) groups excluding carboxylic acids is 4. The summed E-state index contributed by atoms with van der Waals surface area (Å²) in [5.41, 5.74) is 2.77. The van der Waals surface area contributed by atoms with Crippen molar-refractivity contribution in [2.75, 3.05) is 54.5 Å². The second kappa shape index (κ2) is 23.6. The van der Waals surface area contributed by atoms with Gasteiger partial charge in [-0.05, 0) is 133 Å². The first-order chi connectivity index (χ1) is 28.8. The molecular formula is C44H62ClN8NaO8. The molecule has 62 heavy (non-hydrogen) atoms. The molecule has 0 radical (unpaired) electrons. The summed E-state index contributed by atoms with van der Waals surface area (Å²) in [6.45, 7) is 13.4. The van der Waals surface area contributed by atoms with Gasteiger partial charge in [-0.25, -0.2) is 24.4 Å². The summed E-state index contributed by atoms with van der Waals surface area (Å²) in [6.07, 6.45) is 9.02. The van der Waals surface area contributed by atoms with Crippen LogP contribution in [0.5, 0.6) is 11.5 Å². The second-order valence-electron chi connectivity index (χ2n) is 16.7. The topological polar surface area (TPSA) is 165 Å². The van der Waals surface area contributed by atoms with Gasteiger partial charge in [0.25, 0.3) is 0 Å². The number of imidazole rings is 2. The number of benzene rings is 2. The summed E-state index contributed by atoms with van der Waals surface area (Å²) >= 11 is 5.43. The van der Waals surface area contributed by atoms with Crippen LogP contribution in [0.3, 0.4) is 0 Å². The number of aromatic amines is 1. The van der Waals surface area contributed by atoms with Crippen LogP contribution in [0.1, 0.15) is 68.7 Å². The minimum Gasteiger partial charge on any atom is -1.00 e. The summed E-state index contributed by atoms with van der Waals surface area (Å²) in [5, 5.41) is -0.453. The molecule has 2 aliphatic rings. The molecule has 2 aromatic carbocycles. The summed E-state index contributed by atoms with van der Waals surface area (Å²) < 4.78 is 22.5. The Hall–Kier alpha value is -4.77. The monoisotopic (exact) mass is 888 g/mol. The third-order valence-electron chi connectivity index (χ3n) is 10.00. The number of amides is 4. The molecule has 0 unspecified atom stereocenters. The van der Waals surface area contributed by atoms with Gasteiger partial charge in [-0.3, -0.25) is 9.36 Å². The fourth-order valence-electron chi connectivity index (χ4n) is 6.53. The van der Waals surface area contributed by atoms with E-state index >= 15 is 0 Å². The number of nitrogens with zero attached hydrogens (tertiary/aromatic N) is 7. The van der Waals surface area contributed by atoms with Crippen LogP contribution in [0.4, 0.5) is 19.2 Å². The molecule has 4 heterocycles. The predicted octanol–water partition coefficient (Wildman–Crippen LogP) is 5.74. The number of halogens is 1. The Morgan fingerprint density at radius 1 is 0.726 bits per heavy atom. The first kappa shape index (κ1) is 51.6. The number of hydrogen-bond acceptors (Lipinski definition) is 10. The van der Waals surface area contributed by atoms with E-state index in [2.05, 4.69) is 15.0 Å². The Balaban J connectivity index is 0.000000352. The van der Waals surface area contributed by atoms with Crippen LogP contribution < -0.4 is 39.0 Å². The van der Waals surface area contributed by atoms with Crippen LogP contribution in [0.2, 0.25) is 0 Å². The maximum absolute atomic E-state index is 12.9. The van der Waals surface area contributed by atoms with Crippen molar-refractivity contribution >= 4 is 35.2 Å². The van der Waals surface area contributed by atoms with Crippen LogP contribution in [0.25, 0.3) is 22.5 Å². The van der Waals surface area contributed by atoms with Crippen LogP contribution in [0.15, 0.2) is 73.6 Å². The van der Waals surface area contributed by atoms with Gasteiger partial charge in [0.2, 0.25) is 0 Å². The average Bonchev–Trinajstić information content (AvgIpc) is 3.97. The molecule has 4 aromatic rings. The molecular weight excluding hydrogens is 827 g/mol. The first-order valence-corrected chi connectivity index (χ1v) is 20.6. The summed E-state index contributed by atoms with van der Waals surface area (Å²) in [5.74, 6) is 1.63. The number of carbonyl (C=O) groups is 4. The number of ether oxygens (including phenoxy) is 4. The van der Waals surface area contributed by atoms with Crippen molar-refractivity contribution in [3.63, 3.8) is 0 Å². The molecule has 2 aliphatic heterocycles. The Labute approximate surface area is 393 Å². The molecule has 0 atom stereocenters. The first-order valence-electron chi connectivity index (χ1n) is 20.2. The van der Waals surface area contributed by atoms with Crippen molar-refractivity contribution in [3.05, 3.63) is 73.6 Å². The van der Waals surface area contributed by atoms with Gasteiger partial charge in [0.15, 0.2) is 0 Å². The van der Waals surface area contributed by atoms with E-state index in [0.717, 1.165) is 46.9 Å². The van der Waals surface area contributed by atoms with E-state index in [9.17, 15) is 19.2 Å². The average molecular weight is 889 g/mol. The van der Waals surface area contributed by atoms with Gasteiger partial charge in [0.05, 0.1) is 38.1 Å². The Morgan fingerprint density at radius 2 is 1.16 bits per heavy atom. The van der Waals surface area contributed by atoms with Crippen molar-refractivity contribution in [1.29, 1.82) is 0 Å². The zero-order valence-electron chi connectivity index (χ0n) is 39.0. The predicted molar refractivity (Wildman–Crippen MR) is 235 cm³/mol. The smallest absolute Gasteiger partial charge is 1.00 e. The van der Waals surface area contributed by atoms with E-state index in [4.69, 9.17) is 30.5 Å².